The van der Waals surface area contributed by atoms with Gasteiger partial charge < -0.3 is 4.74 Å². The van der Waals surface area contributed by atoms with Crippen LogP contribution in [0, 0.1) is 12.8 Å². The second-order valence-electron chi connectivity index (χ2n) is 5.81. The van der Waals surface area contributed by atoms with Gasteiger partial charge in [-0.1, -0.05) is 30.7 Å². The second kappa shape index (κ2) is 5.84. The van der Waals surface area contributed by atoms with Crippen LogP contribution in [0.3, 0.4) is 0 Å². The first kappa shape index (κ1) is 15.5. The summed E-state index contributed by atoms with van der Waals surface area (Å²) in [4.78, 5) is 0. The lowest BCUT2D eigenvalue weighted by Crippen LogP contribution is -2.35. The van der Waals surface area contributed by atoms with E-state index < -0.39 is 10.0 Å². The van der Waals surface area contributed by atoms with Gasteiger partial charge in [0.15, 0.2) is 0 Å². The van der Waals surface area contributed by atoms with Crippen molar-refractivity contribution in [2.45, 2.75) is 39.3 Å². The average Bonchev–Trinajstić information content (AvgIpc) is 2.65. The zero-order valence-corrected chi connectivity index (χ0v) is 13.3. The van der Waals surface area contributed by atoms with E-state index in [1.807, 2.05) is 6.92 Å². The molecule has 1 N–H and O–H groups in total. The molecule has 3 atom stereocenters. The number of sulfonamides is 1. The van der Waals surface area contributed by atoms with E-state index in [4.69, 9.17) is 4.74 Å². The van der Waals surface area contributed by atoms with Gasteiger partial charge in [-0.05, 0) is 37.3 Å². The Morgan fingerprint density at radius 2 is 2.15 bits per heavy atom. The van der Waals surface area contributed by atoms with E-state index >= 15 is 0 Å². The van der Waals surface area contributed by atoms with Crippen LogP contribution in [0.4, 0.5) is 0 Å². The fraction of sp³-hybridized carbons (Fsp3) is 0.600. The number of benzene rings is 1. The van der Waals surface area contributed by atoms with Crippen LogP contribution in [0.1, 0.15) is 36.6 Å². The summed E-state index contributed by atoms with van der Waals surface area (Å²) < 4.78 is 32.3. The molecular formula is C15H23NO3S. The molecular weight excluding hydrogens is 274 g/mol. The highest BCUT2D eigenvalue weighted by atomic mass is 32.2. The van der Waals surface area contributed by atoms with E-state index in [0.717, 1.165) is 17.5 Å². The third kappa shape index (κ3) is 3.40. The first-order chi connectivity index (χ1) is 9.32. The molecule has 20 heavy (non-hydrogen) atoms. The number of rotatable bonds is 5. The molecule has 5 heteroatoms. The minimum Gasteiger partial charge on any atom is -0.381 e. The van der Waals surface area contributed by atoms with Crippen molar-refractivity contribution in [3.8, 4) is 0 Å². The fourth-order valence-corrected chi connectivity index (χ4v) is 4.36. The summed E-state index contributed by atoms with van der Waals surface area (Å²) in [6, 6.07) is 6.15. The molecule has 0 saturated carbocycles. The normalized spacial score (nSPS) is 23.6. The van der Waals surface area contributed by atoms with Crippen LogP contribution in [0.5, 0.6) is 0 Å². The summed E-state index contributed by atoms with van der Waals surface area (Å²) in [5.41, 5.74) is 3.52. The van der Waals surface area contributed by atoms with E-state index in [0.29, 0.717) is 0 Å². The lowest BCUT2D eigenvalue weighted by molar-refractivity contribution is 0.136. The minimum absolute atomic E-state index is 0.00608. The molecule has 2 rings (SSSR count). The Kier molecular flexibility index (Phi) is 4.52. The molecule has 0 aromatic heterocycles. The van der Waals surface area contributed by atoms with Gasteiger partial charge in [0.1, 0.15) is 0 Å². The predicted octanol–water partition coefficient (Wildman–Crippen LogP) is 2.18. The topological polar surface area (TPSA) is 55.4 Å². The lowest BCUT2D eigenvalue weighted by Gasteiger charge is -2.20. The first-order valence-electron chi connectivity index (χ1n) is 6.94. The summed E-state index contributed by atoms with van der Waals surface area (Å²) in [6.07, 6.45) is 0.615. The molecule has 1 aromatic rings. The number of nitrogens with one attached hydrogen (secondary N) is 1. The Hall–Kier alpha value is -0.910. The highest BCUT2D eigenvalue weighted by molar-refractivity contribution is 7.89. The van der Waals surface area contributed by atoms with Gasteiger partial charge >= 0.3 is 0 Å². The molecule has 1 aromatic carbocycles. The molecule has 0 unspecified atom stereocenters. The van der Waals surface area contributed by atoms with Crippen molar-refractivity contribution in [1.29, 1.82) is 0 Å². The van der Waals surface area contributed by atoms with Crippen LogP contribution >= 0.6 is 0 Å². The van der Waals surface area contributed by atoms with Crippen LogP contribution in [-0.2, 0) is 21.2 Å². The first-order valence-corrected chi connectivity index (χ1v) is 8.60. The van der Waals surface area contributed by atoms with Crippen LogP contribution in [0.2, 0.25) is 0 Å². The number of aryl methyl sites for hydroxylation is 1. The SMILES string of the molecule is CO[C@H](C)CS(=O)(=O)N[C@@H]1c2cc(C)ccc2C[C@@H]1C. The molecule has 0 heterocycles. The summed E-state index contributed by atoms with van der Waals surface area (Å²) in [7, 11) is -1.81. The van der Waals surface area contributed by atoms with Crippen molar-refractivity contribution in [1.82, 2.24) is 4.72 Å². The molecule has 0 amide bonds. The minimum atomic E-state index is -3.34. The Balaban J connectivity index is 2.20. The van der Waals surface area contributed by atoms with E-state index in [1.165, 1.54) is 12.7 Å². The Labute approximate surface area is 121 Å². The number of ether oxygens (including phenoxy) is 1. The molecule has 0 fully saturated rings. The van der Waals surface area contributed by atoms with E-state index in [1.54, 1.807) is 6.92 Å². The average molecular weight is 297 g/mol. The van der Waals surface area contributed by atoms with Gasteiger partial charge in [0.2, 0.25) is 10.0 Å². The molecule has 0 spiro atoms. The standard InChI is InChI=1S/C15H23NO3S/c1-10-5-6-13-8-11(2)15(14(13)7-10)16-20(17,18)9-12(3)19-4/h5-7,11-12,15-16H,8-9H2,1-4H3/t11-,12+,15-/m0/s1. The van der Waals surface area contributed by atoms with E-state index in [-0.39, 0.29) is 23.8 Å². The van der Waals surface area contributed by atoms with Crippen LogP contribution in [0.25, 0.3) is 0 Å². The Morgan fingerprint density at radius 3 is 2.80 bits per heavy atom. The second-order valence-corrected chi connectivity index (χ2v) is 7.61. The summed E-state index contributed by atoms with van der Waals surface area (Å²) >= 11 is 0. The fourth-order valence-electron chi connectivity index (χ4n) is 2.76. The van der Waals surface area contributed by atoms with Crippen molar-refractivity contribution in [3.63, 3.8) is 0 Å². The molecule has 0 aliphatic heterocycles. The lowest BCUT2D eigenvalue weighted by atomic mass is 10.0. The van der Waals surface area contributed by atoms with Gasteiger partial charge in [0, 0.05) is 13.2 Å². The van der Waals surface area contributed by atoms with Gasteiger partial charge in [-0.15, -0.1) is 0 Å². The van der Waals surface area contributed by atoms with Crippen molar-refractivity contribution in [3.05, 3.63) is 34.9 Å². The molecule has 0 saturated heterocycles. The highest BCUT2D eigenvalue weighted by Gasteiger charge is 2.32. The maximum Gasteiger partial charge on any atom is 0.214 e. The quantitative estimate of drug-likeness (QED) is 0.906. The molecule has 1 aliphatic carbocycles. The van der Waals surface area contributed by atoms with Gasteiger partial charge in [-0.25, -0.2) is 13.1 Å². The number of hydrogen-bond donors (Lipinski definition) is 1. The predicted molar refractivity (Wildman–Crippen MR) is 80.2 cm³/mol. The smallest absolute Gasteiger partial charge is 0.214 e. The number of methoxy groups -OCH3 is 1. The maximum absolute atomic E-state index is 12.2. The van der Waals surface area contributed by atoms with Crippen molar-refractivity contribution < 1.29 is 13.2 Å². The zero-order valence-electron chi connectivity index (χ0n) is 12.5. The summed E-state index contributed by atoms with van der Waals surface area (Å²) in [6.45, 7) is 5.87. The summed E-state index contributed by atoms with van der Waals surface area (Å²) in [5.74, 6) is 0.271. The van der Waals surface area contributed by atoms with Gasteiger partial charge in [0.05, 0.1) is 11.9 Å². The van der Waals surface area contributed by atoms with Crippen LogP contribution < -0.4 is 4.72 Å². The van der Waals surface area contributed by atoms with Gasteiger partial charge in [-0.3, -0.25) is 0 Å². The van der Waals surface area contributed by atoms with E-state index in [2.05, 4.69) is 29.8 Å². The third-order valence-electron chi connectivity index (χ3n) is 3.91. The van der Waals surface area contributed by atoms with Crippen molar-refractivity contribution in [2.24, 2.45) is 5.92 Å². The van der Waals surface area contributed by atoms with Crippen molar-refractivity contribution in [2.75, 3.05) is 12.9 Å². The Morgan fingerprint density at radius 1 is 1.45 bits per heavy atom. The molecule has 4 nitrogen and oxygen atoms in total. The van der Waals surface area contributed by atoms with Crippen LogP contribution in [0.15, 0.2) is 18.2 Å². The van der Waals surface area contributed by atoms with Crippen molar-refractivity contribution >= 4 is 10.0 Å². The highest BCUT2D eigenvalue weighted by Crippen LogP contribution is 2.36. The molecule has 0 radical (unpaired) electrons. The number of fused-ring (bicyclic) bond motifs is 1. The number of hydrogen-bond acceptors (Lipinski definition) is 3. The summed E-state index contributed by atoms with van der Waals surface area (Å²) in [5, 5.41) is 0. The van der Waals surface area contributed by atoms with Gasteiger partial charge in [-0.2, -0.15) is 0 Å². The molecule has 1 aliphatic rings. The van der Waals surface area contributed by atoms with Crippen LogP contribution in [-0.4, -0.2) is 27.4 Å². The van der Waals surface area contributed by atoms with E-state index in [9.17, 15) is 8.42 Å². The zero-order chi connectivity index (χ0) is 14.9. The Bertz CT molecular complexity index is 583. The van der Waals surface area contributed by atoms with Gasteiger partial charge in [0.25, 0.3) is 0 Å². The monoisotopic (exact) mass is 297 g/mol. The largest absolute Gasteiger partial charge is 0.381 e. The maximum atomic E-state index is 12.2. The molecule has 0 bridgehead atoms. The molecule has 112 valence electrons. The third-order valence-corrected chi connectivity index (χ3v) is 5.43.